The molecule has 3 fully saturated rings. The van der Waals surface area contributed by atoms with Crippen molar-refractivity contribution in [3.63, 3.8) is 0 Å². The third-order valence-electron chi connectivity index (χ3n) is 6.82. The molecule has 1 saturated heterocycles. The number of rotatable bonds is 3. The van der Waals surface area contributed by atoms with Gasteiger partial charge in [-0.3, -0.25) is 24.2 Å². The van der Waals surface area contributed by atoms with E-state index >= 15 is 0 Å². The number of hydrogen-bond donors (Lipinski definition) is 0. The predicted molar refractivity (Wildman–Crippen MR) is 95.8 cm³/mol. The van der Waals surface area contributed by atoms with Crippen molar-refractivity contribution in [2.45, 2.75) is 20.3 Å². The van der Waals surface area contributed by atoms with Gasteiger partial charge < -0.3 is 0 Å². The van der Waals surface area contributed by atoms with Crippen molar-refractivity contribution in [3.05, 3.63) is 42.0 Å². The monoisotopic (exact) mass is 350 g/mol. The Kier molecular flexibility index (Phi) is 3.21. The third-order valence-corrected chi connectivity index (χ3v) is 6.82. The summed E-state index contributed by atoms with van der Waals surface area (Å²) < 4.78 is 0. The van der Waals surface area contributed by atoms with Crippen molar-refractivity contribution < 1.29 is 14.4 Å². The number of nitrogens with zero attached hydrogens (tertiary/aromatic N) is 2. The van der Waals surface area contributed by atoms with Crippen LogP contribution >= 0.6 is 0 Å². The molecule has 6 rings (SSSR count). The minimum atomic E-state index is -0.216. The molecule has 5 nitrogen and oxygen atoms in total. The second-order valence-electron chi connectivity index (χ2n) is 8.13. The quantitative estimate of drug-likeness (QED) is 0.621. The van der Waals surface area contributed by atoms with Crippen LogP contribution in [-0.4, -0.2) is 29.3 Å². The highest BCUT2D eigenvalue weighted by Gasteiger charge is 2.67. The molecule has 1 aromatic rings. The fourth-order valence-corrected chi connectivity index (χ4v) is 5.51. The van der Waals surface area contributed by atoms with Crippen LogP contribution in [-0.2, 0) is 14.4 Å². The molecule has 134 valence electrons. The molecule has 6 atom stereocenters. The first kappa shape index (κ1) is 15.8. The van der Waals surface area contributed by atoms with Crippen LogP contribution in [0.5, 0.6) is 0 Å². The Morgan fingerprint density at radius 2 is 1.65 bits per heavy atom. The molecular formula is C21H22N2O3. The summed E-state index contributed by atoms with van der Waals surface area (Å²) in [5, 5.41) is 0. The molecule has 26 heavy (non-hydrogen) atoms. The Morgan fingerprint density at radius 1 is 1.08 bits per heavy atom. The fraction of sp³-hybridized carbons (Fsp3) is 0.476. The lowest BCUT2D eigenvalue weighted by atomic mass is 9.63. The molecule has 0 unspecified atom stereocenters. The summed E-state index contributed by atoms with van der Waals surface area (Å²) in [6.45, 7) is 3.42. The number of allylic oxidation sites excluding steroid dienone is 2. The van der Waals surface area contributed by atoms with Gasteiger partial charge in [0.25, 0.3) is 0 Å². The highest BCUT2D eigenvalue weighted by molar-refractivity contribution is 6.07. The average Bonchev–Trinajstić information content (AvgIpc) is 3.40. The SMILES string of the molecule is CC(=O)N(CN1C(=O)[C@@H]2[C@@H]3C=C[C@H]([C@H]4C[C@H]34)[C@@H]2C1=O)c1ccccc1C. The number of benzene rings is 1. The Morgan fingerprint density at radius 3 is 2.19 bits per heavy atom. The van der Waals surface area contributed by atoms with Crippen LogP contribution in [0.15, 0.2) is 36.4 Å². The summed E-state index contributed by atoms with van der Waals surface area (Å²) in [6.07, 6.45) is 5.48. The largest absolute Gasteiger partial charge is 0.294 e. The molecule has 3 amide bonds. The summed E-state index contributed by atoms with van der Waals surface area (Å²) in [7, 11) is 0. The number of anilines is 1. The predicted octanol–water partition coefficient (Wildman–Crippen LogP) is 2.36. The standard InChI is InChI=1S/C21H22N2O3/c1-11-5-3-4-6-17(11)22(12(2)24)10-23-20(25)18-13-7-8-14(16-9-15(13)16)19(18)21(23)26/h3-8,13-16,18-19H,9-10H2,1-2H3/t13-,14-,15-,16-,18-,19+/m1/s1. The lowest BCUT2D eigenvalue weighted by Gasteiger charge is -2.37. The van der Waals surface area contributed by atoms with E-state index in [-0.39, 0.29) is 48.1 Å². The van der Waals surface area contributed by atoms with Gasteiger partial charge in [-0.2, -0.15) is 0 Å². The van der Waals surface area contributed by atoms with Crippen LogP contribution in [0, 0.1) is 42.4 Å². The van der Waals surface area contributed by atoms with E-state index in [2.05, 4.69) is 12.2 Å². The van der Waals surface area contributed by atoms with E-state index in [0.717, 1.165) is 17.7 Å². The highest BCUT2D eigenvalue weighted by atomic mass is 16.2. The van der Waals surface area contributed by atoms with Crippen molar-refractivity contribution in [1.29, 1.82) is 0 Å². The molecule has 5 aliphatic rings. The molecule has 1 aliphatic heterocycles. The Labute approximate surface area is 152 Å². The second-order valence-corrected chi connectivity index (χ2v) is 8.13. The van der Waals surface area contributed by atoms with Crippen LogP contribution in [0.3, 0.4) is 0 Å². The number of imide groups is 1. The third kappa shape index (κ3) is 2.00. The van der Waals surface area contributed by atoms with Crippen LogP contribution in [0.4, 0.5) is 5.69 Å². The first-order chi connectivity index (χ1) is 12.5. The number of carbonyl (C=O) groups is 3. The van der Waals surface area contributed by atoms with Gasteiger partial charge in [-0.25, -0.2) is 0 Å². The lowest BCUT2D eigenvalue weighted by molar-refractivity contribution is -0.140. The zero-order valence-electron chi connectivity index (χ0n) is 15.0. The van der Waals surface area contributed by atoms with E-state index in [1.54, 1.807) is 4.90 Å². The minimum absolute atomic E-state index is 0.0135. The van der Waals surface area contributed by atoms with Crippen molar-refractivity contribution in [2.24, 2.45) is 35.5 Å². The number of carbonyl (C=O) groups excluding carboxylic acids is 3. The van der Waals surface area contributed by atoms with E-state index in [4.69, 9.17) is 0 Å². The van der Waals surface area contributed by atoms with Crippen LogP contribution < -0.4 is 4.90 Å². The number of para-hydroxylation sites is 1. The van der Waals surface area contributed by atoms with E-state index in [9.17, 15) is 14.4 Å². The summed E-state index contributed by atoms with van der Waals surface area (Å²) in [4.78, 5) is 41.4. The smallest absolute Gasteiger partial charge is 0.235 e. The lowest BCUT2D eigenvalue weighted by Crippen LogP contribution is -2.44. The Hall–Kier alpha value is -2.43. The molecule has 0 radical (unpaired) electrons. The van der Waals surface area contributed by atoms with Gasteiger partial charge in [0.1, 0.15) is 6.67 Å². The maximum Gasteiger partial charge on any atom is 0.235 e. The van der Waals surface area contributed by atoms with Crippen molar-refractivity contribution in [3.8, 4) is 0 Å². The molecule has 1 aromatic carbocycles. The van der Waals surface area contributed by atoms with Gasteiger partial charge in [-0.05, 0) is 48.6 Å². The van der Waals surface area contributed by atoms with E-state index in [1.165, 1.54) is 11.8 Å². The average molecular weight is 350 g/mol. The summed E-state index contributed by atoms with van der Waals surface area (Å²) in [5.41, 5.74) is 1.70. The molecule has 4 aliphatic carbocycles. The molecule has 0 spiro atoms. The van der Waals surface area contributed by atoms with Gasteiger partial charge in [-0.15, -0.1) is 0 Å². The number of likely N-dealkylation sites (tertiary alicyclic amines) is 1. The first-order valence-electron chi connectivity index (χ1n) is 9.36. The van der Waals surface area contributed by atoms with Crippen molar-refractivity contribution >= 4 is 23.4 Å². The topological polar surface area (TPSA) is 57.7 Å². The molecule has 1 heterocycles. The van der Waals surface area contributed by atoms with Gasteiger partial charge >= 0.3 is 0 Å². The maximum absolute atomic E-state index is 13.1. The van der Waals surface area contributed by atoms with Gasteiger partial charge in [-0.1, -0.05) is 30.4 Å². The molecular weight excluding hydrogens is 328 g/mol. The first-order valence-corrected chi connectivity index (χ1v) is 9.36. The zero-order valence-corrected chi connectivity index (χ0v) is 15.0. The van der Waals surface area contributed by atoms with Crippen LogP contribution in [0.1, 0.15) is 18.9 Å². The molecule has 2 bridgehead atoms. The Bertz CT molecular complexity index is 825. The minimum Gasteiger partial charge on any atom is -0.294 e. The molecule has 5 heteroatoms. The van der Waals surface area contributed by atoms with Gasteiger partial charge in [0.2, 0.25) is 17.7 Å². The van der Waals surface area contributed by atoms with Gasteiger partial charge in [0, 0.05) is 12.6 Å². The number of amides is 3. The van der Waals surface area contributed by atoms with Gasteiger partial charge in [0.15, 0.2) is 0 Å². The summed E-state index contributed by atoms with van der Waals surface area (Å²) >= 11 is 0. The van der Waals surface area contributed by atoms with E-state index < -0.39 is 0 Å². The van der Waals surface area contributed by atoms with Crippen molar-refractivity contribution in [1.82, 2.24) is 4.90 Å². The molecule has 0 aromatic heterocycles. The van der Waals surface area contributed by atoms with Crippen molar-refractivity contribution in [2.75, 3.05) is 11.6 Å². The molecule has 0 N–H and O–H groups in total. The van der Waals surface area contributed by atoms with E-state index in [1.807, 2.05) is 31.2 Å². The normalized spacial score (nSPS) is 36.2. The summed E-state index contributed by atoms with van der Waals surface area (Å²) in [5.74, 6) is 0.805. The number of hydrogen-bond acceptors (Lipinski definition) is 3. The summed E-state index contributed by atoms with van der Waals surface area (Å²) in [6, 6.07) is 7.56. The Balaban J connectivity index is 1.46. The second kappa shape index (κ2) is 5.29. The maximum atomic E-state index is 13.1. The van der Waals surface area contributed by atoms with E-state index in [0.29, 0.717) is 11.8 Å². The fourth-order valence-electron chi connectivity index (χ4n) is 5.51. The van der Waals surface area contributed by atoms with Crippen LogP contribution in [0.25, 0.3) is 0 Å². The number of aryl methyl sites for hydroxylation is 1. The highest BCUT2D eigenvalue weighted by Crippen LogP contribution is 2.65. The van der Waals surface area contributed by atoms with Gasteiger partial charge in [0.05, 0.1) is 11.8 Å². The zero-order chi connectivity index (χ0) is 18.2. The van der Waals surface area contributed by atoms with Crippen LogP contribution in [0.2, 0.25) is 0 Å². The molecule has 2 saturated carbocycles.